The van der Waals surface area contributed by atoms with Crippen LogP contribution in [0.4, 0.5) is 0 Å². The fraction of sp³-hybridized carbons (Fsp3) is 0.833. The summed E-state index contributed by atoms with van der Waals surface area (Å²) in [5.41, 5.74) is 0. The Labute approximate surface area is 85.3 Å². The first kappa shape index (κ1) is 9.51. The van der Waals surface area contributed by atoms with E-state index in [4.69, 9.17) is 0 Å². The van der Waals surface area contributed by atoms with Crippen LogP contribution in [0.2, 0.25) is 0 Å². The third kappa shape index (κ3) is 2.98. The summed E-state index contributed by atoms with van der Waals surface area (Å²) in [6.07, 6.45) is 14.4. The first-order chi connectivity index (χ1) is 6.45. The van der Waals surface area contributed by atoms with Crippen LogP contribution < -0.4 is 0 Å². The zero-order valence-corrected chi connectivity index (χ0v) is 9.30. The molecule has 0 bridgehead atoms. The molecule has 0 atom stereocenters. The molecular formula is C12H20S. The SMILES string of the molecule is C1CCC(=S=C2CCCCC2)CC1. The Kier molecular flexibility index (Phi) is 3.65. The first-order valence-corrected chi connectivity index (χ1v) is 6.64. The summed E-state index contributed by atoms with van der Waals surface area (Å²) < 4.78 is 0. The zero-order chi connectivity index (χ0) is 8.93. The normalized spacial score (nSPS) is 24.6. The van der Waals surface area contributed by atoms with Gasteiger partial charge in [-0.05, 0) is 61.1 Å². The van der Waals surface area contributed by atoms with Crippen molar-refractivity contribution in [3.8, 4) is 0 Å². The summed E-state index contributed by atoms with van der Waals surface area (Å²) in [4.78, 5) is 3.59. The third-order valence-electron chi connectivity index (χ3n) is 3.11. The van der Waals surface area contributed by atoms with E-state index in [2.05, 4.69) is 10.9 Å². The second-order valence-corrected chi connectivity index (χ2v) is 5.66. The fourth-order valence-electron chi connectivity index (χ4n) is 2.30. The van der Waals surface area contributed by atoms with Crippen molar-refractivity contribution in [2.75, 3.05) is 0 Å². The number of hydrogen-bond donors (Lipinski definition) is 0. The summed E-state index contributed by atoms with van der Waals surface area (Å²) in [6.45, 7) is 0. The third-order valence-corrected chi connectivity index (χ3v) is 4.50. The lowest BCUT2D eigenvalue weighted by molar-refractivity contribution is 0.673. The van der Waals surface area contributed by atoms with Gasteiger partial charge >= 0.3 is 0 Å². The Morgan fingerprint density at radius 1 is 0.538 bits per heavy atom. The maximum atomic E-state index is 2.17. The molecule has 2 aliphatic rings. The van der Waals surface area contributed by atoms with E-state index in [-0.39, 0.29) is 0 Å². The van der Waals surface area contributed by atoms with Gasteiger partial charge in [0.25, 0.3) is 0 Å². The summed E-state index contributed by atoms with van der Waals surface area (Å²) in [5.74, 6) is 0. The van der Waals surface area contributed by atoms with E-state index < -0.39 is 0 Å². The van der Waals surface area contributed by atoms with Gasteiger partial charge in [-0.2, -0.15) is 10.9 Å². The molecule has 0 nitrogen and oxygen atoms in total. The Balaban J connectivity index is 2.04. The Morgan fingerprint density at radius 3 is 1.31 bits per heavy atom. The van der Waals surface area contributed by atoms with Gasteiger partial charge in [-0.3, -0.25) is 0 Å². The maximum absolute atomic E-state index is 2.17. The predicted octanol–water partition coefficient (Wildman–Crippen LogP) is 3.99. The summed E-state index contributed by atoms with van der Waals surface area (Å²) >= 11 is 0. The largest absolute Gasteiger partial charge is 0.154 e. The molecule has 0 N–H and O–H groups in total. The Hall–Kier alpha value is -0.0400. The molecule has 2 aliphatic carbocycles. The Bertz CT molecular complexity index is 196. The van der Waals surface area contributed by atoms with E-state index >= 15 is 0 Å². The molecule has 74 valence electrons. The van der Waals surface area contributed by atoms with Gasteiger partial charge < -0.3 is 0 Å². The van der Waals surface area contributed by atoms with Gasteiger partial charge in [0.05, 0.1) is 0 Å². The van der Waals surface area contributed by atoms with Crippen molar-refractivity contribution >= 4 is 20.7 Å². The van der Waals surface area contributed by atoms with Crippen LogP contribution in [0.1, 0.15) is 64.2 Å². The molecular weight excluding hydrogens is 176 g/mol. The lowest BCUT2D eigenvalue weighted by Gasteiger charge is -2.14. The monoisotopic (exact) mass is 196 g/mol. The molecule has 0 aromatic carbocycles. The molecule has 0 unspecified atom stereocenters. The molecule has 2 saturated carbocycles. The highest BCUT2D eigenvalue weighted by Crippen LogP contribution is 2.20. The maximum Gasteiger partial charge on any atom is -0.0179 e. The van der Waals surface area contributed by atoms with Gasteiger partial charge in [0.1, 0.15) is 0 Å². The minimum atomic E-state index is 1.41. The lowest BCUT2D eigenvalue weighted by Crippen LogP contribution is -2.05. The standard InChI is InChI=1S/C12H20S/c1-3-7-11(8-4-1)13-12-9-5-2-6-10-12/h1-10H2. The van der Waals surface area contributed by atoms with Gasteiger partial charge in [0.15, 0.2) is 0 Å². The van der Waals surface area contributed by atoms with Gasteiger partial charge in [-0.1, -0.05) is 12.8 Å². The highest BCUT2D eigenvalue weighted by Gasteiger charge is 2.07. The fourth-order valence-corrected chi connectivity index (χ4v) is 3.69. The zero-order valence-electron chi connectivity index (χ0n) is 8.48. The van der Waals surface area contributed by atoms with Crippen LogP contribution in [-0.4, -0.2) is 9.73 Å². The average molecular weight is 196 g/mol. The van der Waals surface area contributed by atoms with Crippen LogP contribution in [0.5, 0.6) is 0 Å². The van der Waals surface area contributed by atoms with Crippen molar-refractivity contribution in [1.29, 1.82) is 0 Å². The Morgan fingerprint density at radius 2 is 0.923 bits per heavy atom. The van der Waals surface area contributed by atoms with Crippen LogP contribution >= 0.6 is 10.9 Å². The molecule has 1 heteroatoms. The highest BCUT2D eigenvalue weighted by molar-refractivity contribution is 7.98. The molecule has 0 radical (unpaired) electrons. The lowest BCUT2D eigenvalue weighted by atomic mass is 10.0. The van der Waals surface area contributed by atoms with E-state index in [9.17, 15) is 0 Å². The molecule has 0 aromatic heterocycles. The van der Waals surface area contributed by atoms with Crippen LogP contribution in [-0.2, 0) is 0 Å². The average Bonchev–Trinajstić information content (AvgIpc) is 2.21. The molecule has 0 aromatic rings. The molecule has 0 heterocycles. The summed E-state index contributed by atoms with van der Waals surface area (Å²) in [6, 6.07) is 0. The van der Waals surface area contributed by atoms with Crippen LogP contribution in [0.15, 0.2) is 0 Å². The second kappa shape index (κ2) is 4.99. The summed E-state index contributed by atoms with van der Waals surface area (Å²) in [7, 11) is 2.17. The molecule has 0 spiro atoms. The number of rotatable bonds is 0. The highest BCUT2D eigenvalue weighted by atomic mass is 32.1. The predicted molar refractivity (Wildman–Crippen MR) is 63.8 cm³/mol. The minimum absolute atomic E-state index is 1.41. The molecule has 2 rings (SSSR count). The second-order valence-electron chi connectivity index (χ2n) is 4.30. The van der Waals surface area contributed by atoms with E-state index in [1.807, 2.05) is 0 Å². The van der Waals surface area contributed by atoms with Crippen molar-refractivity contribution in [3.63, 3.8) is 0 Å². The van der Waals surface area contributed by atoms with E-state index in [1.165, 1.54) is 64.2 Å². The van der Waals surface area contributed by atoms with Gasteiger partial charge in [-0.25, -0.2) is 0 Å². The molecule has 13 heavy (non-hydrogen) atoms. The van der Waals surface area contributed by atoms with Crippen LogP contribution in [0.25, 0.3) is 0 Å². The molecule has 0 amide bonds. The van der Waals surface area contributed by atoms with Crippen LogP contribution in [0, 0.1) is 0 Å². The molecule has 0 aliphatic heterocycles. The summed E-state index contributed by atoms with van der Waals surface area (Å²) in [5, 5.41) is 0. The van der Waals surface area contributed by atoms with Crippen molar-refractivity contribution < 1.29 is 0 Å². The van der Waals surface area contributed by atoms with E-state index in [0.717, 1.165) is 0 Å². The van der Waals surface area contributed by atoms with Gasteiger partial charge in [0, 0.05) is 0 Å². The van der Waals surface area contributed by atoms with Gasteiger partial charge in [0.2, 0.25) is 0 Å². The van der Waals surface area contributed by atoms with E-state index in [0.29, 0.717) is 0 Å². The van der Waals surface area contributed by atoms with Gasteiger partial charge in [-0.15, -0.1) is 0 Å². The van der Waals surface area contributed by atoms with Crippen molar-refractivity contribution in [1.82, 2.24) is 0 Å². The van der Waals surface area contributed by atoms with E-state index in [1.54, 1.807) is 9.73 Å². The minimum Gasteiger partial charge on any atom is -0.154 e. The van der Waals surface area contributed by atoms with Crippen LogP contribution in [0.3, 0.4) is 0 Å². The molecule has 2 fully saturated rings. The van der Waals surface area contributed by atoms with Crippen molar-refractivity contribution in [2.45, 2.75) is 64.2 Å². The first-order valence-electron chi connectivity index (χ1n) is 5.82. The van der Waals surface area contributed by atoms with Crippen molar-refractivity contribution in [3.05, 3.63) is 0 Å². The topological polar surface area (TPSA) is 0 Å². The van der Waals surface area contributed by atoms with Crippen molar-refractivity contribution in [2.24, 2.45) is 0 Å². The smallest absolute Gasteiger partial charge is 0.0179 e. The quantitative estimate of drug-likeness (QED) is 0.514. The molecule has 0 saturated heterocycles. The number of hydrogen-bond acceptors (Lipinski definition) is 0.